The molecule has 1 fully saturated rings. The Morgan fingerprint density at radius 3 is 2.27 bits per heavy atom. The normalized spacial score (nSPS) is 15.9. The molecule has 1 unspecified atom stereocenters. The van der Waals surface area contributed by atoms with Crippen LogP contribution < -0.4 is 10.6 Å². The third-order valence-corrected chi connectivity index (χ3v) is 5.42. The van der Waals surface area contributed by atoms with E-state index in [0.29, 0.717) is 5.56 Å². The van der Waals surface area contributed by atoms with Crippen molar-refractivity contribution in [2.75, 3.05) is 6.54 Å². The Morgan fingerprint density at radius 2 is 1.73 bits per heavy atom. The van der Waals surface area contributed by atoms with Gasteiger partial charge in [0.1, 0.15) is 23.9 Å². The number of alkyl carbamates (subject to hydrolysis) is 1. The standard InChI is InChI=1S/C25H39N3O5/c1-24(2,3)28(20(30)16-26-23(32)33-25(4,5)6)21(17-11-10-14-19(29)15-17)22(31)27-18-12-8-7-9-13-18/h10-11,14-15,18,21,29H,7-9,12-13,16H2,1-6H3,(H,26,32)(H,27,31). The number of carbonyl (C=O) groups is 3. The minimum Gasteiger partial charge on any atom is -0.508 e. The molecule has 0 radical (unpaired) electrons. The van der Waals surface area contributed by atoms with E-state index >= 15 is 0 Å². The van der Waals surface area contributed by atoms with Gasteiger partial charge in [-0.3, -0.25) is 9.59 Å². The van der Waals surface area contributed by atoms with Gasteiger partial charge in [-0.15, -0.1) is 0 Å². The van der Waals surface area contributed by atoms with Crippen molar-refractivity contribution in [1.82, 2.24) is 15.5 Å². The lowest BCUT2D eigenvalue weighted by atomic mass is 9.93. The number of phenols is 1. The summed E-state index contributed by atoms with van der Waals surface area (Å²) in [6, 6.07) is 5.48. The summed E-state index contributed by atoms with van der Waals surface area (Å²) in [5.74, 6) is -0.718. The highest BCUT2D eigenvalue weighted by Gasteiger charge is 2.39. The topological polar surface area (TPSA) is 108 Å². The SMILES string of the molecule is CC(C)(C)OC(=O)NCC(=O)N(C(C(=O)NC1CCCCC1)c1cccc(O)c1)C(C)(C)C. The van der Waals surface area contributed by atoms with Crippen LogP contribution in [-0.2, 0) is 14.3 Å². The lowest BCUT2D eigenvalue weighted by Gasteiger charge is -2.42. The second kappa shape index (κ2) is 10.9. The average Bonchev–Trinajstić information content (AvgIpc) is 2.68. The Morgan fingerprint density at radius 1 is 1.09 bits per heavy atom. The molecule has 0 aliphatic heterocycles. The first-order valence-corrected chi connectivity index (χ1v) is 11.7. The van der Waals surface area contributed by atoms with Gasteiger partial charge < -0.3 is 25.4 Å². The fourth-order valence-electron chi connectivity index (χ4n) is 4.09. The van der Waals surface area contributed by atoms with Gasteiger partial charge in [-0.25, -0.2) is 4.79 Å². The summed E-state index contributed by atoms with van der Waals surface area (Å²) in [4.78, 5) is 40.5. The Hall–Kier alpha value is -2.77. The highest BCUT2D eigenvalue weighted by Crippen LogP contribution is 2.31. The lowest BCUT2D eigenvalue weighted by molar-refractivity contribution is -0.146. The molecule has 3 N–H and O–H groups in total. The van der Waals surface area contributed by atoms with E-state index in [1.54, 1.807) is 32.9 Å². The first-order chi connectivity index (χ1) is 15.3. The number of nitrogens with one attached hydrogen (secondary N) is 2. The molecule has 8 heteroatoms. The van der Waals surface area contributed by atoms with Crippen molar-refractivity contribution in [3.8, 4) is 5.75 Å². The number of rotatable bonds is 6. The van der Waals surface area contributed by atoms with E-state index in [4.69, 9.17) is 4.74 Å². The molecule has 1 aromatic rings. The molecule has 2 rings (SSSR count). The van der Waals surface area contributed by atoms with Crippen LogP contribution in [0.1, 0.15) is 85.3 Å². The lowest BCUT2D eigenvalue weighted by Crippen LogP contribution is -2.56. The summed E-state index contributed by atoms with van der Waals surface area (Å²) in [7, 11) is 0. The van der Waals surface area contributed by atoms with Crippen LogP contribution in [0.5, 0.6) is 5.75 Å². The van der Waals surface area contributed by atoms with Crippen molar-refractivity contribution >= 4 is 17.9 Å². The summed E-state index contributed by atoms with van der Waals surface area (Å²) in [6.45, 7) is 10.4. The number of amides is 3. The minimum atomic E-state index is -0.966. The van der Waals surface area contributed by atoms with Crippen molar-refractivity contribution in [3.63, 3.8) is 0 Å². The first-order valence-electron chi connectivity index (χ1n) is 11.7. The van der Waals surface area contributed by atoms with Crippen molar-refractivity contribution in [3.05, 3.63) is 29.8 Å². The summed E-state index contributed by atoms with van der Waals surface area (Å²) in [6.07, 6.45) is 4.38. The maximum Gasteiger partial charge on any atom is 0.408 e. The molecule has 1 saturated carbocycles. The molecule has 1 aliphatic rings. The molecule has 0 bridgehead atoms. The molecule has 1 aromatic carbocycles. The minimum absolute atomic E-state index is 0.0103. The number of benzene rings is 1. The number of ether oxygens (including phenoxy) is 1. The number of carbonyl (C=O) groups excluding carboxylic acids is 3. The van der Waals surface area contributed by atoms with Crippen LogP contribution >= 0.6 is 0 Å². The van der Waals surface area contributed by atoms with Crippen LogP contribution in [0.15, 0.2) is 24.3 Å². The number of aromatic hydroxyl groups is 1. The summed E-state index contributed by atoms with van der Waals surface area (Å²) < 4.78 is 5.23. The summed E-state index contributed by atoms with van der Waals surface area (Å²) in [5, 5.41) is 15.7. The largest absolute Gasteiger partial charge is 0.508 e. The second-order valence-corrected chi connectivity index (χ2v) is 10.6. The number of phenolic OH excluding ortho intramolecular Hbond substituents is 1. The molecule has 1 atom stereocenters. The van der Waals surface area contributed by atoms with Gasteiger partial charge in [-0.2, -0.15) is 0 Å². The molecule has 1 aliphatic carbocycles. The zero-order chi connectivity index (χ0) is 24.8. The van der Waals surface area contributed by atoms with Gasteiger partial charge in [0.15, 0.2) is 0 Å². The third kappa shape index (κ3) is 8.26. The quantitative estimate of drug-likeness (QED) is 0.593. The van der Waals surface area contributed by atoms with Gasteiger partial charge in [0.25, 0.3) is 0 Å². The number of hydrogen-bond donors (Lipinski definition) is 3. The number of hydrogen-bond acceptors (Lipinski definition) is 5. The molecule has 0 spiro atoms. The Bertz CT molecular complexity index is 835. The molecule has 3 amide bonds. The van der Waals surface area contributed by atoms with E-state index in [2.05, 4.69) is 10.6 Å². The zero-order valence-corrected chi connectivity index (χ0v) is 20.7. The van der Waals surface area contributed by atoms with Gasteiger partial charge in [0, 0.05) is 11.6 Å². The Kier molecular flexibility index (Phi) is 8.75. The molecular weight excluding hydrogens is 422 g/mol. The van der Waals surface area contributed by atoms with Crippen LogP contribution in [-0.4, -0.2) is 51.6 Å². The maximum atomic E-state index is 13.5. The Labute approximate surface area is 197 Å². The molecule has 8 nitrogen and oxygen atoms in total. The molecule has 0 saturated heterocycles. The Balaban J connectivity index is 2.32. The molecule has 33 heavy (non-hydrogen) atoms. The predicted molar refractivity (Wildman–Crippen MR) is 127 cm³/mol. The average molecular weight is 462 g/mol. The third-order valence-electron chi connectivity index (χ3n) is 5.42. The van der Waals surface area contributed by atoms with Crippen LogP contribution in [0, 0.1) is 0 Å². The van der Waals surface area contributed by atoms with Gasteiger partial charge in [0.2, 0.25) is 11.8 Å². The van der Waals surface area contributed by atoms with Crippen molar-refractivity contribution < 1.29 is 24.2 Å². The monoisotopic (exact) mass is 461 g/mol. The highest BCUT2D eigenvalue weighted by molar-refractivity contribution is 5.91. The van der Waals surface area contributed by atoms with Crippen molar-refractivity contribution in [2.45, 2.75) is 96.9 Å². The molecular formula is C25H39N3O5. The number of nitrogens with zero attached hydrogens (tertiary/aromatic N) is 1. The fraction of sp³-hybridized carbons (Fsp3) is 0.640. The van der Waals surface area contributed by atoms with Gasteiger partial charge in [-0.05, 0) is 72.1 Å². The first kappa shape index (κ1) is 26.5. The summed E-state index contributed by atoms with van der Waals surface area (Å²) >= 11 is 0. The molecule has 184 valence electrons. The van der Waals surface area contributed by atoms with E-state index in [1.165, 1.54) is 17.0 Å². The predicted octanol–water partition coefficient (Wildman–Crippen LogP) is 4.03. The van der Waals surface area contributed by atoms with Crippen LogP contribution in [0.25, 0.3) is 0 Å². The van der Waals surface area contributed by atoms with E-state index in [9.17, 15) is 19.5 Å². The van der Waals surface area contributed by atoms with Gasteiger partial charge >= 0.3 is 6.09 Å². The van der Waals surface area contributed by atoms with Crippen LogP contribution in [0.4, 0.5) is 4.79 Å². The van der Waals surface area contributed by atoms with Crippen LogP contribution in [0.3, 0.4) is 0 Å². The van der Waals surface area contributed by atoms with Crippen molar-refractivity contribution in [1.29, 1.82) is 0 Å². The maximum absolute atomic E-state index is 13.5. The molecule has 0 heterocycles. The van der Waals surface area contributed by atoms with Gasteiger partial charge in [0.05, 0.1) is 0 Å². The van der Waals surface area contributed by atoms with Gasteiger partial charge in [-0.1, -0.05) is 31.4 Å². The van der Waals surface area contributed by atoms with E-state index < -0.39 is 29.2 Å². The molecule has 0 aromatic heterocycles. The van der Waals surface area contributed by atoms with Crippen LogP contribution in [0.2, 0.25) is 0 Å². The van der Waals surface area contributed by atoms with E-state index in [0.717, 1.165) is 32.1 Å². The second-order valence-electron chi connectivity index (χ2n) is 10.6. The highest BCUT2D eigenvalue weighted by atomic mass is 16.6. The smallest absolute Gasteiger partial charge is 0.408 e. The van der Waals surface area contributed by atoms with Crippen molar-refractivity contribution in [2.24, 2.45) is 0 Å². The fourth-order valence-corrected chi connectivity index (χ4v) is 4.09. The summed E-state index contributed by atoms with van der Waals surface area (Å²) in [5.41, 5.74) is -0.933. The van der Waals surface area contributed by atoms with E-state index in [-0.39, 0.29) is 24.2 Å². The zero-order valence-electron chi connectivity index (χ0n) is 20.7. The van der Waals surface area contributed by atoms with E-state index in [1.807, 2.05) is 20.8 Å².